The van der Waals surface area contributed by atoms with Crippen LogP contribution in [-0.2, 0) is 0 Å². The molecule has 27 heavy (non-hydrogen) atoms. The number of nitriles is 1. The first-order valence-corrected chi connectivity index (χ1v) is 9.80. The maximum absolute atomic E-state index is 12.5. The van der Waals surface area contributed by atoms with E-state index in [0.717, 1.165) is 55.9 Å². The summed E-state index contributed by atoms with van der Waals surface area (Å²) in [6.07, 6.45) is 7.98. The lowest BCUT2D eigenvalue weighted by Crippen LogP contribution is -2.56. The molecule has 1 saturated carbocycles. The molecule has 0 unspecified atom stereocenters. The van der Waals surface area contributed by atoms with Gasteiger partial charge in [-0.3, -0.25) is 4.79 Å². The molecule has 0 atom stereocenters. The van der Waals surface area contributed by atoms with E-state index < -0.39 is 0 Å². The number of aromatic nitrogens is 2. The number of pyridine rings is 2. The van der Waals surface area contributed by atoms with Crippen molar-refractivity contribution in [2.24, 2.45) is 11.1 Å². The normalized spacial score (nSPS) is 21.8. The molecule has 2 aromatic heterocycles. The Morgan fingerprint density at radius 2 is 1.96 bits per heavy atom. The minimum atomic E-state index is -0.329. The van der Waals surface area contributed by atoms with E-state index in [1.54, 1.807) is 6.20 Å². The second kappa shape index (κ2) is 5.96. The van der Waals surface area contributed by atoms with Crippen molar-refractivity contribution in [3.8, 4) is 6.07 Å². The van der Waals surface area contributed by atoms with E-state index in [9.17, 15) is 10.1 Å². The number of nitrogens with two attached hydrogens (primary N) is 1. The number of rotatable bonds is 2. The number of nitrogens with one attached hydrogen (secondary N) is 1. The molecule has 3 aliphatic rings. The number of piperidine rings is 1. The van der Waals surface area contributed by atoms with Gasteiger partial charge in [-0.05, 0) is 37.2 Å². The molecule has 4 heterocycles. The standard InChI is InChI=1S/C20H24N6O/c21-9-15-18(25-6-4-20(5-7-25)2-1-3-20)14-8-17(26-11-13(22)12-26)23-10-16(14)24-19(15)27/h8,10,13H,1-7,11-12,22H2,(H,24,27). The number of anilines is 2. The third kappa shape index (κ3) is 2.59. The first-order chi connectivity index (χ1) is 13.1. The Morgan fingerprint density at radius 1 is 1.22 bits per heavy atom. The second-order valence-electron chi connectivity index (χ2n) is 8.38. The van der Waals surface area contributed by atoms with Gasteiger partial charge < -0.3 is 20.5 Å². The van der Waals surface area contributed by atoms with E-state index >= 15 is 0 Å². The molecule has 1 spiro atoms. The van der Waals surface area contributed by atoms with Crippen LogP contribution in [0.5, 0.6) is 0 Å². The Bertz CT molecular complexity index is 986. The van der Waals surface area contributed by atoms with E-state index in [1.165, 1.54) is 19.3 Å². The van der Waals surface area contributed by atoms with E-state index in [-0.39, 0.29) is 17.2 Å². The smallest absolute Gasteiger partial charge is 0.268 e. The van der Waals surface area contributed by atoms with Gasteiger partial charge in [0.05, 0.1) is 17.4 Å². The van der Waals surface area contributed by atoms with Crippen LogP contribution in [0.25, 0.3) is 10.9 Å². The van der Waals surface area contributed by atoms with Crippen LogP contribution >= 0.6 is 0 Å². The molecule has 0 aromatic carbocycles. The lowest BCUT2D eigenvalue weighted by molar-refractivity contribution is 0.0956. The molecule has 0 radical (unpaired) electrons. The number of nitrogens with zero attached hydrogens (tertiary/aromatic N) is 4. The number of H-pyrrole nitrogens is 1. The van der Waals surface area contributed by atoms with Gasteiger partial charge in [0.15, 0.2) is 0 Å². The topological polar surface area (TPSA) is 102 Å². The zero-order valence-electron chi connectivity index (χ0n) is 15.4. The van der Waals surface area contributed by atoms with Crippen molar-refractivity contribution in [2.75, 3.05) is 36.0 Å². The van der Waals surface area contributed by atoms with Crippen molar-refractivity contribution in [3.63, 3.8) is 0 Å². The third-order valence-electron chi connectivity index (χ3n) is 6.76. The highest BCUT2D eigenvalue weighted by molar-refractivity contribution is 5.95. The number of fused-ring (bicyclic) bond motifs is 1. The highest BCUT2D eigenvalue weighted by atomic mass is 16.1. The molecule has 0 bridgehead atoms. The summed E-state index contributed by atoms with van der Waals surface area (Å²) in [6.45, 7) is 3.38. The monoisotopic (exact) mass is 364 g/mol. The van der Waals surface area contributed by atoms with Crippen LogP contribution < -0.4 is 21.1 Å². The van der Waals surface area contributed by atoms with Crippen molar-refractivity contribution >= 4 is 22.4 Å². The van der Waals surface area contributed by atoms with Crippen LogP contribution in [0.2, 0.25) is 0 Å². The van der Waals surface area contributed by atoms with Gasteiger partial charge in [0, 0.05) is 37.6 Å². The van der Waals surface area contributed by atoms with Crippen LogP contribution in [0, 0.1) is 16.7 Å². The average molecular weight is 364 g/mol. The zero-order chi connectivity index (χ0) is 18.6. The highest BCUT2D eigenvalue weighted by Crippen LogP contribution is 2.49. The summed E-state index contributed by atoms with van der Waals surface area (Å²) < 4.78 is 0. The maximum Gasteiger partial charge on any atom is 0.268 e. The molecular formula is C20H24N6O. The number of hydrogen-bond donors (Lipinski definition) is 2. The predicted octanol–water partition coefficient (Wildman–Crippen LogP) is 1.71. The fourth-order valence-electron chi connectivity index (χ4n) is 4.85. The summed E-state index contributed by atoms with van der Waals surface area (Å²) in [6, 6.07) is 4.34. The average Bonchev–Trinajstić information content (AvgIpc) is 2.63. The van der Waals surface area contributed by atoms with Crippen LogP contribution in [0.15, 0.2) is 17.1 Å². The molecule has 5 rings (SSSR count). The van der Waals surface area contributed by atoms with Gasteiger partial charge in [0.25, 0.3) is 5.56 Å². The fourth-order valence-corrected chi connectivity index (χ4v) is 4.85. The fraction of sp³-hybridized carbons (Fsp3) is 0.550. The molecule has 2 aromatic rings. The van der Waals surface area contributed by atoms with Crippen LogP contribution in [-0.4, -0.2) is 42.2 Å². The van der Waals surface area contributed by atoms with Crippen molar-refractivity contribution < 1.29 is 0 Å². The lowest BCUT2D eigenvalue weighted by Gasteiger charge is -2.48. The summed E-state index contributed by atoms with van der Waals surface area (Å²) in [7, 11) is 0. The van der Waals surface area contributed by atoms with Crippen LogP contribution in [0.3, 0.4) is 0 Å². The number of hydrogen-bond acceptors (Lipinski definition) is 6. The summed E-state index contributed by atoms with van der Waals surface area (Å²) in [5.41, 5.74) is 7.77. The van der Waals surface area contributed by atoms with Crippen LogP contribution in [0.4, 0.5) is 11.5 Å². The maximum atomic E-state index is 12.5. The van der Waals surface area contributed by atoms with Crippen molar-refractivity contribution in [2.45, 2.75) is 38.1 Å². The number of aromatic amines is 1. The Morgan fingerprint density at radius 3 is 2.56 bits per heavy atom. The third-order valence-corrected chi connectivity index (χ3v) is 6.76. The predicted molar refractivity (Wildman–Crippen MR) is 105 cm³/mol. The Kier molecular flexibility index (Phi) is 3.66. The summed E-state index contributed by atoms with van der Waals surface area (Å²) >= 11 is 0. The molecule has 1 aliphatic carbocycles. The molecule has 0 amide bonds. The van der Waals surface area contributed by atoms with Gasteiger partial charge in [-0.25, -0.2) is 4.98 Å². The molecule has 7 nitrogen and oxygen atoms in total. The van der Waals surface area contributed by atoms with E-state index in [2.05, 4.69) is 25.8 Å². The van der Waals surface area contributed by atoms with Gasteiger partial charge in [-0.15, -0.1) is 0 Å². The van der Waals surface area contributed by atoms with Crippen LogP contribution in [0.1, 0.15) is 37.7 Å². The minimum absolute atomic E-state index is 0.188. The second-order valence-corrected chi connectivity index (χ2v) is 8.38. The molecule has 2 saturated heterocycles. The highest BCUT2D eigenvalue weighted by Gasteiger charge is 2.40. The molecule has 3 fully saturated rings. The van der Waals surface area contributed by atoms with Gasteiger partial charge in [-0.2, -0.15) is 5.26 Å². The van der Waals surface area contributed by atoms with Gasteiger partial charge in [0.1, 0.15) is 17.5 Å². The van der Waals surface area contributed by atoms with Gasteiger partial charge in [0.2, 0.25) is 0 Å². The Hall–Kier alpha value is -2.59. The first-order valence-electron chi connectivity index (χ1n) is 9.80. The largest absolute Gasteiger partial charge is 0.370 e. The van der Waals surface area contributed by atoms with Crippen molar-refractivity contribution in [3.05, 3.63) is 28.2 Å². The Labute approximate surface area is 157 Å². The molecule has 3 N–H and O–H groups in total. The minimum Gasteiger partial charge on any atom is -0.370 e. The lowest BCUT2D eigenvalue weighted by atomic mass is 9.63. The van der Waals surface area contributed by atoms with E-state index in [4.69, 9.17) is 5.73 Å². The summed E-state index contributed by atoms with van der Waals surface area (Å²) in [5.74, 6) is 0.855. The Balaban J connectivity index is 1.58. The van der Waals surface area contributed by atoms with E-state index in [1.807, 2.05) is 6.07 Å². The summed E-state index contributed by atoms with van der Waals surface area (Å²) in [4.78, 5) is 24.2. The SMILES string of the molecule is N#Cc1c(N2CCC3(CCC3)CC2)c2cc(N3CC(N)C3)ncc2[nH]c1=O. The molecular weight excluding hydrogens is 340 g/mol. The van der Waals surface area contributed by atoms with Crippen molar-refractivity contribution in [1.82, 2.24) is 9.97 Å². The van der Waals surface area contributed by atoms with Gasteiger partial charge in [-0.1, -0.05) is 6.42 Å². The quantitative estimate of drug-likeness (QED) is 0.841. The first kappa shape index (κ1) is 16.6. The van der Waals surface area contributed by atoms with Gasteiger partial charge >= 0.3 is 0 Å². The molecule has 140 valence electrons. The zero-order valence-corrected chi connectivity index (χ0v) is 15.4. The summed E-state index contributed by atoms with van der Waals surface area (Å²) in [5, 5.41) is 10.6. The van der Waals surface area contributed by atoms with Crippen molar-refractivity contribution in [1.29, 1.82) is 5.26 Å². The van der Waals surface area contributed by atoms with E-state index in [0.29, 0.717) is 10.9 Å². The molecule has 7 heteroatoms. The molecule has 2 aliphatic heterocycles.